The van der Waals surface area contributed by atoms with E-state index in [0.29, 0.717) is 0 Å². The zero-order valence-electron chi connectivity index (χ0n) is 8.74. The first-order chi connectivity index (χ1) is 7.72. The zero-order valence-corrected chi connectivity index (χ0v) is 8.74. The first kappa shape index (κ1) is 10.4. The smallest absolute Gasteiger partial charge is 0.123 e. The minimum atomic E-state index is -0.279. The molecular formula is C12H10FN3. The average molecular weight is 215 g/mol. The Morgan fingerprint density at radius 2 is 2.06 bits per heavy atom. The van der Waals surface area contributed by atoms with Gasteiger partial charge in [-0.15, -0.1) is 0 Å². The Labute approximate surface area is 92.5 Å². The van der Waals surface area contributed by atoms with E-state index in [2.05, 4.69) is 16.3 Å². The van der Waals surface area contributed by atoms with Gasteiger partial charge >= 0.3 is 0 Å². The first-order valence-electron chi connectivity index (χ1n) is 4.91. The van der Waals surface area contributed by atoms with Crippen molar-refractivity contribution in [3.63, 3.8) is 0 Å². The Bertz CT molecular complexity index is 522. The molecule has 0 aliphatic carbocycles. The van der Waals surface area contributed by atoms with Crippen LogP contribution in [0.3, 0.4) is 0 Å². The molecule has 1 heterocycles. The minimum absolute atomic E-state index is 0.237. The standard InChI is InChI=1S/C12H10FN3/c1-8(6-14)11-7-15-16-12(11)9-2-4-10(13)5-3-9/h2-5,7-8H,1H3,(H,15,16). The molecule has 1 atom stereocenters. The lowest BCUT2D eigenvalue weighted by Crippen LogP contribution is -1.91. The molecule has 3 nitrogen and oxygen atoms in total. The number of benzene rings is 1. The van der Waals surface area contributed by atoms with Gasteiger partial charge in [-0.2, -0.15) is 10.4 Å². The molecule has 2 rings (SSSR count). The molecule has 0 saturated heterocycles. The van der Waals surface area contributed by atoms with Crippen molar-refractivity contribution in [1.29, 1.82) is 5.26 Å². The van der Waals surface area contributed by atoms with Crippen LogP contribution in [-0.4, -0.2) is 10.2 Å². The third-order valence-corrected chi connectivity index (χ3v) is 2.46. The molecule has 0 spiro atoms. The summed E-state index contributed by atoms with van der Waals surface area (Å²) in [6.45, 7) is 1.80. The van der Waals surface area contributed by atoms with Crippen LogP contribution in [0.4, 0.5) is 4.39 Å². The number of nitriles is 1. The van der Waals surface area contributed by atoms with E-state index in [9.17, 15) is 4.39 Å². The highest BCUT2D eigenvalue weighted by molar-refractivity contribution is 5.63. The van der Waals surface area contributed by atoms with Crippen molar-refractivity contribution >= 4 is 0 Å². The zero-order chi connectivity index (χ0) is 11.5. The number of aromatic nitrogens is 2. The molecule has 0 amide bonds. The highest BCUT2D eigenvalue weighted by Crippen LogP contribution is 2.26. The van der Waals surface area contributed by atoms with Crippen molar-refractivity contribution in [3.05, 3.63) is 41.8 Å². The van der Waals surface area contributed by atoms with E-state index in [1.807, 2.05) is 0 Å². The van der Waals surface area contributed by atoms with Crippen LogP contribution in [0.25, 0.3) is 11.3 Å². The molecule has 0 fully saturated rings. The van der Waals surface area contributed by atoms with Gasteiger partial charge in [0.2, 0.25) is 0 Å². The van der Waals surface area contributed by atoms with Gasteiger partial charge in [0.05, 0.1) is 23.9 Å². The van der Waals surface area contributed by atoms with Crippen LogP contribution in [0.5, 0.6) is 0 Å². The van der Waals surface area contributed by atoms with Crippen molar-refractivity contribution in [2.75, 3.05) is 0 Å². The van der Waals surface area contributed by atoms with Crippen LogP contribution >= 0.6 is 0 Å². The molecule has 4 heteroatoms. The molecule has 1 unspecified atom stereocenters. The maximum absolute atomic E-state index is 12.8. The van der Waals surface area contributed by atoms with Crippen molar-refractivity contribution in [3.8, 4) is 17.3 Å². The molecule has 1 N–H and O–H groups in total. The summed E-state index contributed by atoms with van der Waals surface area (Å²) in [6.07, 6.45) is 1.63. The number of hydrogen-bond acceptors (Lipinski definition) is 2. The minimum Gasteiger partial charge on any atom is -0.278 e. The van der Waals surface area contributed by atoms with Gasteiger partial charge in [0, 0.05) is 11.1 Å². The molecular weight excluding hydrogens is 205 g/mol. The highest BCUT2D eigenvalue weighted by Gasteiger charge is 2.13. The van der Waals surface area contributed by atoms with E-state index in [0.717, 1.165) is 16.8 Å². The van der Waals surface area contributed by atoms with Gasteiger partial charge in [-0.25, -0.2) is 4.39 Å². The summed E-state index contributed by atoms with van der Waals surface area (Å²) in [5, 5.41) is 15.6. The summed E-state index contributed by atoms with van der Waals surface area (Å²) in [5.41, 5.74) is 2.43. The van der Waals surface area contributed by atoms with Crippen molar-refractivity contribution in [2.45, 2.75) is 12.8 Å². The summed E-state index contributed by atoms with van der Waals surface area (Å²) in [7, 11) is 0. The second kappa shape index (κ2) is 4.15. The van der Waals surface area contributed by atoms with Gasteiger partial charge < -0.3 is 0 Å². The summed E-state index contributed by atoms with van der Waals surface area (Å²) < 4.78 is 12.8. The number of nitrogens with one attached hydrogen (secondary N) is 1. The van der Waals surface area contributed by atoms with Gasteiger partial charge in [0.1, 0.15) is 5.82 Å². The Kier molecular flexibility index (Phi) is 2.69. The number of nitrogens with zero attached hydrogens (tertiary/aromatic N) is 2. The molecule has 0 radical (unpaired) electrons. The van der Waals surface area contributed by atoms with Gasteiger partial charge in [-0.3, -0.25) is 5.10 Å². The Morgan fingerprint density at radius 3 is 2.69 bits per heavy atom. The van der Waals surface area contributed by atoms with Gasteiger partial charge in [-0.1, -0.05) is 0 Å². The molecule has 2 aromatic rings. The Hall–Kier alpha value is -2.15. The van der Waals surface area contributed by atoms with Crippen LogP contribution in [0.15, 0.2) is 30.5 Å². The molecule has 0 aliphatic heterocycles. The average Bonchev–Trinajstić information content (AvgIpc) is 2.78. The highest BCUT2D eigenvalue weighted by atomic mass is 19.1. The lowest BCUT2D eigenvalue weighted by atomic mass is 9.99. The molecule has 16 heavy (non-hydrogen) atoms. The Balaban J connectivity index is 2.45. The predicted molar refractivity (Wildman–Crippen MR) is 58.0 cm³/mol. The van der Waals surface area contributed by atoms with Gasteiger partial charge in [0.15, 0.2) is 0 Å². The predicted octanol–water partition coefficient (Wildman–Crippen LogP) is 2.84. The number of hydrogen-bond donors (Lipinski definition) is 1. The van der Waals surface area contributed by atoms with Crippen molar-refractivity contribution in [2.24, 2.45) is 0 Å². The SMILES string of the molecule is CC(C#N)c1cn[nH]c1-c1ccc(F)cc1. The second-order valence-electron chi connectivity index (χ2n) is 3.56. The van der Waals surface area contributed by atoms with E-state index in [-0.39, 0.29) is 11.7 Å². The maximum atomic E-state index is 12.8. The molecule has 0 aliphatic rings. The molecule has 0 bridgehead atoms. The number of halogens is 1. The van der Waals surface area contributed by atoms with Crippen LogP contribution in [0, 0.1) is 17.1 Å². The third kappa shape index (κ3) is 1.80. The molecule has 1 aromatic heterocycles. The van der Waals surface area contributed by atoms with E-state index in [4.69, 9.17) is 5.26 Å². The fraction of sp³-hybridized carbons (Fsp3) is 0.167. The van der Waals surface area contributed by atoms with Gasteiger partial charge in [-0.05, 0) is 31.2 Å². The van der Waals surface area contributed by atoms with Crippen LogP contribution in [0.2, 0.25) is 0 Å². The fourth-order valence-corrected chi connectivity index (χ4v) is 1.54. The molecule has 80 valence electrons. The first-order valence-corrected chi connectivity index (χ1v) is 4.91. The monoisotopic (exact) mass is 215 g/mol. The van der Waals surface area contributed by atoms with Gasteiger partial charge in [0.25, 0.3) is 0 Å². The number of aromatic amines is 1. The summed E-state index contributed by atoms with van der Waals surface area (Å²) >= 11 is 0. The van der Waals surface area contributed by atoms with Crippen LogP contribution in [0.1, 0.15) is 18.4 Å². The van der Waals surface area contributed by atoms with E-state index < -0.39 is 0 Å². The fourth-order valence-electron chi connectivity index (χ4n) is 1.54. The lowest BCUT2D eigenvalue weighted by Gasteiger charge is -2.04. The number of H-pyrrole nitrogens is 1. The molecule has 0 saturated carbocycles. The second-order valence-corrected chi connectivity index (χ2v) is 3.56. The quantitative estimate of drug-likeness (QED) is 0.837. The van der Waals surface area contributed by atoms with E-state index in [1.165, 1.54) is 12.1 Å². The normalized spacial score (nSPS) is 12.1. The topological polar surface area (TPSA) is 52.5 Å². The van der Waals surface area contributed by atoms with E-state index >= 15 is 0 Å². The van der Waals surface area contributed by atoms with Crippen molar-refractivity contribution < 1.29 is 4.39 Å². The van der Waals surface area contributed by atoms with E-state index in [1.54, 1.807) is 25.3 Å². The maximum Gasteiger partial charge on any atom is 0.123 e. The summed E-state index contributed by atoms with van der Waals surface area (Å²) in [6, 6.07) is 8.25. The van der Waals surface area contributed by atoms with Crippen LogP contribution in [-0.2, 0) is 0 Å². The summed E-state index contributed by atoms with van der Waals surface area (Å²) in [5.74, 6) is -0.517. The third-order valence-electron chi connectivity index (χ3n) is 2.46. The lowest BCUT2D eigenvalue weighted by molar-refractivity contribution is 0.628. The van der Waals surface area contributed by atoms with Crippen LogP contribution < -0.4 is 0 Å². The van der Waals surface area contributed by atoms with Crippen molar-refractivity contribution in [1.82, 2.24) is 10.2 Å². The molecule has 1 aromatic carbocycles. The largest absolute Gasteiger partial charge is 0.278 e. The Morgan fingerprint density at radius 1 is 1.38 bits per heavy atom. The number of rotatable bonds is 2. The summed E-state index contributed by atoms with van der Waals surface area (Å²) in [4.78, 5) is 0.